The molecule has 0 aliphatic carbocycles. The first-order valence-electron chi connectivity index (χ1n) is 5.50. The fraction of sp³-hybridized carbons (Fsp3) is 0.133. The number of carbonyl (C=O) groups is 1. The van der Waals surface area contributed by atoms with Crippen molar-refractivity contribution in [3.63, 3.8) is 0 Å². The number of rotatable bonds is 3. The third-order valence-corrected chi connectivity index (χ3v) is 4.31. The van der Waals surface area contributed by atoms with E-state index in [0.717, 1.165) is 5.75 Å². The van der Waals surface area contributed by atoms with Crippen LogP contribution in [0.1, 0.15) is 5.56 Å². The standard InChI is InChI=1S/C14H14OS.CH2O/c1-16(11-12-5-3-2-4-6-12)14-9-7-13(15)8-10-14;1-2/h2-10H,11H2,1H3;1H2/p+1. The van der Waals surface area contributed by atoms with Crippen molar-refractivity contribution < 1.29 is 9.90 Å². The van der Waals surface area contributed by atoms with Gasteiger partial charge in [-0.15, -0.1) is 0 Å². The molecule has 2 nitrogen and oxygen atoms in total. The molecule has 0 aromatic heterocycles. The number of phenolic OH excluding ortho intramolecular Hbond substituents is 1. The zero-order valence-corrected chi connectivity index (χ0v) is 11.2. The van der Waals surface area contributed by atoms with Crippen LogP contribution in [-0.4, -0.2) is 18.2 Å². The van der Waals surface area contributed by atoms with E-state index >= 15 is 0 Å². The van der Waals surface area contributed by atoms with Gasteiger partial charge in [0.2, 0.25) is 0 Å². The Morgan fingerprint density at radius 2 is 1.56 bits per heavy atom. The maximum Gasteiger partial charge on any atom is 0.155 e. The van der Waals surface area contributed by atoms with Gasteiger partial charge in [-0.05, 0) is 24.3 Å². The summed E-state index contributed by atoms with van der Waals surface area (Å²) in [5.74, 6) is 1.39. The van der Waals surface area contributed by atoms with E-state index in [9.17, 15) is 5.11 Å². The summed E-state index contributed by atoms with van der Waals surface area (Å²) in [5.41, 5.74) is 1.36. The molecule has 0 spiro atoms. The number of benzene rings is 2. The SMILES string of the molecule is C=O.C[S+](Cc1ccccc1)c1ccc(O)cc1. The minimum absolute atomic E-state index is 0.196. The summed E-state index contributed by atoms with van der Waals surface area (Å²) in [6.45, 7) is 2.00. The highest BCUT2D eigenvalue weighted by molar-refractivity contribution is 7.95. The molecule has 0 heterocycles. The third-order valence-electron chi connectivity index (χ3n) is 2.47. The van der Waals surface area contributed by atoms with Crippen molar-refractivity contribution >= 4 is 17.7 Å². The van der Waals surface area contributed by atoms with Crippen LogP contribution >= 0.6 is 0 Å². The van der Waals surface area contributed by atoms with Gasteiger partial charge >= 0.3 is 0 Å². The summed E-state index contributed by atoms with van der Waals surface area (Å²) in [5, 5.41) is 9.23. The summed E-state index contributed by atoms with van der Waals surface area (Å²) in [6.07, 6.45) is 2.24. The van der Waals surface area contributed by atoms with Crippen LogP contribution in [0.15, 0.2) is 59.5 Å². The van der Waals surface area contributed by atoms with Gasteiger partial charge in [0.25, 0.3) is 0 Å². The lowest BCUT2D eigenvalue weighted by molar-refractivity contribution is -0.0979. The van der Waals surface area contributed by atoms with Gasteiger partial charge in [0.1, 0.15) is 24.5 Å². The quantitative estimate of drug-likeness (QED) is 0.862. The van der Waals surface area contributed by atoms with Crippen molar-refractivity contribution in [1.82, 2.24) is 0 Å². The van der Waals surface area contributed by atoms with E-state index in [-0.39, 0.29) is 10.9 Å². The fourth-order valence-corrected chi connectivity index (χ4v) is 3.05. The van der Waals surface area contributed by atoms with E-state index in [0.29, 0.717) is 5.75 Å². The number of phenols is 1. The monoisotopic (exact) mass is 261 g/mol. The molecule has 0 fully saturated rings. The van der Waals surface area contributed by atoms with Crippen LogP contribution < -0.4 is 0 Å². The molecule has 1 N–H and O–H groups in total. The van der Waals surface area contributed by atoms with Gasteiger partial charge in [0.05, 0.1) is 0 Å². The molecule has 2 aromatic rings. The van der Waals surface area contributed by atoms with Crippen molar-refractivity contribution in [3.05, 3.63) is 60.2 Å². The van der Waals surface area contributed by atoms with Crippen molar-refractivity contribution in [2.75, 3.05) is 6.26 Å². The summed E-state index contributed by atoms with van der Waals surface area (Å²) < 4.78 is 0. The van der Waals surface area contributed by atoms with Crippen LogP contribution in [0.5, 0.6) is 5.75 Å². The van der Waals surface area contributed by atoms with E-state index < -0.39 is 0 Å². The minimum atomic E-state index is 0.196. The molecular formula is C15H17O2S+. The fourth-order valence-electron chi connectivity index (χ4n) is 1.59. The molecular weight excluding hydrogens is 244 g/mol. The maximum atomic E-state index is 9.23. The Morgan fingerprint density at radius 3 is 2.11 bits per heavy atom. The molecule has 18 heavy (non-hydrogen) atoms. The molecule has 1 atom stereocenters. The Labute approximate surface area is 111 Å². The highest BCUT2D eigenvalue weighted by atomic mass is 32.2. The number of aromatic hydroxyl groups is 1. The molecule has 1 unspecified atom stereocenters. The largest absolute Gasteiger partial charge is 0.508 e. The van der Waals surface area contributed by atoms with E-state index in [1.54, 1.807) is 12.1 Å². The molecule has 2 aromatic carbocycles. The van der Waals surface area contributed by atoms with Gasteiger partial charge in [-0.25, -0.2) is 0 Å². The zero-order chi connectivity index (χ0) is 13.4. The van der Waals surface area contributed by atoms with Crippen molar-refractivity contribution in [3.8, 4) is 5.75 Å². The van der Waals surface area contributed by atoms with E-state index in [1.807, 2.05) is 25.0 Å². The van der Waals surface area contributed by atoms with Gasteiger partial charge in [-0.1, -0.05) is 30.3 Å². The zero-order valence-electron chi connectivity index (χ0n) is 10.4. The second kappa shape index (κ2) is 7.56. The predicted molar refractivity (Wildman–Crippen MR) is 76.9 cm³/mol. The molecule has 2 rings (SSSR count). The Hall–Kier alpha value is -1.74. The lowest BCUT2D eigenvalue weighted by Gasteiger charge is -2.03. The van der Waals surface area contributed by atoms with Gasteiger partial charge in [-0.2, -0.15) is 0 Å². The molecule has 94 valence electrons. The van der Waals surface area contributed by atoms with Crippen LogP contribution in [0.2, 0.25) is 0 Å². The Morgan fingerprint density at radius 1 is 1.00 bits per heavy atom. The normalized spacial score (nSPS) is 11.2. The van der Waals surface area contributed by atoms with Crippen LogP contribution in [0.3, 0.4) is 0 Å². The third kappa shape index (κ3) is 4.26. The van der Waals surface area contributed by atoms with E-state index in [4.69, 9.17) is 4.79 Å². The summed E-state index contributed by atoms with van der Waals surface area (Å²) in [6, 6.07) is 18.0. The van der Waals surface area contributed by atoms with Crippen LogP contribution in [0.25, 0.3) is 0 Å². The molecule has 0 saturated heterocycles. The second-order valence-corrected chi connectivity index (χ2v) is 5.80. The van der Waals surface area contributed by atoms with Crippen molar-refractivity contribution in [2.45, 2.75) is 10.6 Å². The van der Waals surface area contributed by atoms with Crippen molar-refractivity contribution in [1.29, 1.82) is 0 Å². The minimum Gasteiger partial charge on any atom is -0.508 e. The van der Waals surface area contributed by atoms with Gasteiger partial charge in [0, 0.05) is 16.5 Å². The average Bonchev–Trinajstić information content (AvgIpc) is 2.43. The molecule has 0 aliphatic heterocycles. The number of hydrogen-bond donors (Lipinski definition) is 1. The van der Waals surface area contributed by atoms with Crippen LogP contribution in [0, 0.1) is 0 Å². The summed E-state index contributed by atoms with van der Waals surface area (Å²) in [4.78, 5) is 9.29. The Balaban J connectivity index is 0.000000771. The first-order chi connectivity index (χ1) is 8.75. The molecule has 0 radical (unpaired) electrons. The smallest absolute Gasteiger partial charge is 0.155 e. The summed E-state index contributed by atoms with van der Waals surface area (Å²) >= 11 is 0. The molecule has 0 aliphatic rings. The predicted octanol–water partition coefficient (Wildman–Crippen LogP) is 3.01. The van der Waals surface area contributed by atoms with Crippen molar-refractivity contribution in [2.24, 2.45) is 0 Å². The first-order valence-corrected chi connectivity index (χ1v) is 7.30. The molecule has 0 bridgehead atoms. The number of carbonyl (C=O) groups excluding carboxylic acids is 1. The average molecular weight is 261 g/mol. The second-order valence-electron chi connectivity index (χ2n) is 3.76. The topological polar surface area (TPSA) is 37.3 Å². The van der Waals surface area contributed by atoms with Gasteiger partial charge in [-0.3, -0.25) is 0 Å². The highest BCUT2D eigenvalue weighted by Crippen LogP contribution is 2.19. The molecule has 3 heteroatoms. The van der Waals surface area contributed by atoms with Crippen LogP contribution in [0.4, 0.5) is 0 Å². The lowest BCUT2D eigenvalue weighted by Crippen LogP contribution is -2.03. The highest BCUT2D eigenvalue weighted by Gasteiger charge is 2.15. The molecule has 0 amide bonds. The van der Waals surface area contributed by atoms with Gasteiger partial charge in [0.15, 0.2) is 4.90 Å². The van der Waals surface area contributed by atoms with Crippen LogP contribution in [-0.2, 0) is 21.4 Å². The first kappa shape index (κ1) is 14.3. The van der Waals surface area contributed by atoms with Gasteiger partial charge < -0.3 is 9.90 Å². The Bertz CT molecular complexity index is 454. The van der Waals surface area contributed by atoms with E-state index in [2.05, 4.69) is 30.5 Å². The number of hydrogen-bond acceptors (Lipinski definition) is 2. The Kier molecular flexibility index (Phi) is 6.01. The molecule has 0 saturated carbocycles. The van der Waals surface area contributed by atoms with E-state index in [1.165, 1.54) is 10.5 Å². The maximum absolute atomic E-state index is 9.23. The lowest BCUT2D eigenvalue weighted by atomic mass is 10.2. The summed E-state index contributed by atoms with van der Waals surface area (Å²) in [7, 11) is 0.196.